The summed E-state index contributed by atoms with van der Waals surface area (Å²) in [5, 5.41) is 8.30. The maximum atomic E-state index is 11.7. The molecule has 0 aliphatic rings. The highest BCUT2D eigenvalue weighted by Crippen LogP contribution is 2.12. The van der Waals surface area contributed by atoms with Crippen LogP contribution in [0, 0.1) is 6.92 Å². The summed E-state index contributed by atoms with van der Waals surface area (Å²) in [5.41, 5.74) is 2.30. The smallest absolute Gasteiger partial charge is 0.221 e. The molecule has 0 saturated carbocycles. The normalized spacial score (nSPS) is 10.2. The van der Waals surface area contributed by atoms with Crippen LogP contribution in [0.25, 0.3) is 0 Å². The van der Waals surface area contributed by atoms with Crippen LogP contribution in [0.1, 0.15) is 16.9 Å². The lowest BCUT2D eigenvalue weighted by Crippen LogP contribution is -2.27. The van der Waals surface area contributed by atoms with Crippen molar-refractivity contribution >= 4 is 22.9 Å². The Morgan fingerprint density at radius 2 is 2.00 bits per heavy atom. The first-order valence-corrected chi connectivity index (χ1v) is 7.72. The van der Waals surface area contributed by atoms with Gasteiger partial charge in [-0.15, -0.1) is 11.3 Å². The topological polar surface area (TPSA) is 41.1 Å². The second kappa shape index (κ2) is 7.70. The molecule has 106 valence electrons. The van der Waals surface area contributed by atoms with E-state index in [4.69, 9.17) is 0 Å². The lowest BCUT2D eigenvalue weighted by atomic mass is 10.2. The van der Waals surface area contributed by atoms with Crippen molar-refractivity contribution in [2.45, 2.75) is 19.8 Å². The van der Waals surface area contributed by atoms with E-state index in [9.17, 15) is 4.79 Å². The van der Waals surface area contributed by atoms with Crippen molar-refractivity contribution in [3.05, 3.63) is 52.2 Å². The number of carbonyl (C=O) groups is 1. The average molecular weight is 288 g/mol. The van der Waals surface area contributed by atoms with Crippen molar-refractivity contribution in [1.29, 1.82) is 0 Å². The number of hydrogen-bond acceptors (Lipinski definition) is 3. The maximum Gasteiger partial charge on any atom is 0.221 e. The summed E-state index contributed by atoms with van der Waals surface area (Å²) in [7, 11) is 0. The number of para-hydroxylation sites is 1. The molecule has 0 unspecified atom stereocenters. The van der Waals surface area contributed by atoms with E-state index in [2.05, 4.69) is 35.1 Å². The molecule has 0 radical (unpaired) electrons. The van der Waals surface area contributed by atoms with Gasteiger partial charge in [0.05, 0.1) is 0 Å². The summed E-state index contributed by atoms with van der Waals surface area (Å²) in [6.07, 6.45) is 1.41. The minimum absolute atomic E-state index is 0.0997. The van der Waals surface area contributed by atoms with Crippen LogP contribution in [0.2, 0.25) is 0 Å². The fourth-order valence-electron chi connectivity index (χ4n) is 1.95. The molecule has 1 amide bonds. The van der Waals surface area contributed by atoms with Crippen LogP contribution in [-0.4, -0.2) is 19.0 Å². The molecule has 0 spiro atoms. The van der Waals surface area contributed by atoms with Crippen molar-refractivity contribution in [3.63, 3.8) is 0 Å². The first-order chi connectivity index (χ1) is 9.75. The van der Waals surface area contributed by atoms with Crippen molar-refractivity contribution in [1.82, 2.24) is 5.32 Å². The number of hydrogen-bond donors (Lipinski definition) is 2. The maximum absolute atomic E-state index is 11.7. The van der Waals surface area contributed by atoms with E-state index in [0.29, 0.717) is 19.5 Å². The number of rotatable bonds is 7. The van der Waals surface area contributed by atoms with Gasteiger partial charge in [-0.25, -0.2) is 0 Å². The van der Waals surface area contributed by atoms with Crippen molar-refractivity contribution in [2.75, 3.05) is 18.4 Å². The second-order valence-electron chi connectivity index (χ2n) is 4.67. The summed E-state index contributed by atoms with van der Waals surface area (Å²) in [5.74, 6) is 0.0997. The predicted molar refractivity (Wildman–Crippen MR) is 85.3 cm³/mol. The van der Waals surface area contributed by atoms with Gasteiger partial charge in [0, 0.05) is 30.1 Å². The quantitative estimate of drug-likeness (QED) is 0.821. The molecular formula is C16H20N2OS. The Labute approximate surface area is 124 Å². The number of carbonyl (C=O) groups excluding carboxylic acids is 1. The molecule has 2 rings (SSSR count). The van der Waals surface area contributed by atoms with Crippen LogP contribution in [0.15, 0.2) is 41.8 Å². The highest BCUT2D eigenvalue weighted by atomic mass is 32.1. The highest BCUT2D eigenvalue weighted by Gasteiger charge is 2.02. The second-order valence-corrected chi connectivity index (χ2v) is 5.70. The molecule has 0 atom stereocenters. The third kappa shape index (κ3) is 4.70. The van der Waals surface area contributed by atoms with Gasteiger partial charge < -0.3 is 10.6 Å². The SMILES string of the molecule is Cc1ccccc1NCCC(=O)NCCc1cccs1. The molecule has 2 aromatic rings. The molecule has 0 saturated heterocycles. The van der Waals surface area contributed by atoms with Gasteiger partial charge in [0.2, 0.25) is 5.91 Å². The van der Waals surface area contributed by atoms with Gasteiger partial charge in [-0.3, -0.25) is 4.79 Å². The van der Waals surface area contributed by atoms with Crippen LogP contribution in [-0.2, 0) is 11.2 Å². The van der Waals surface area contributed by atoms with E-state index in [0.717, 1.165) is 12.1 Å². The van der Waals surface area contributed by atoms with Crippen molar-refractivity contribution in [2.24, 2.45) is 0 Å². The average Bonchev–Trinajstić information content (AvgIpc) is 2.94. The molecule has 3 nitrogen and oxygen atoms in total. The molecule has 1 aromatic heterocycles. The zero-order valence-electron chi connectivity index (χ0n) is 11.7. The summed E-state index contributed by atoms with van der Waals surface area (Å²) in [6.45, 7) is 3.43. The first kappa shape index (κ1) is 14.6. The zero-order chi connectivity index (χ0) is 14.2. The van der Waals surface area contributed by atoms with Gasteiger partial charge in [-0.2, -0.15) is 0 Å². The third-order valence-corrected chi connectivity index (χ3v) is 4.02. The van der Waals surface area contributed by atoms with E-state index in [1.165, 1.54) is 10.4 Å². The molecule has 0 bridgehead atoms. The molecular weight excluding hydrogens is 268 g/mol. The Morgan fingerprint density at radius 3 is 2.75 bits per heavy atom. The third-order valence-electron chi connectivity index (χ3n) is 3.09. The van der Waals surface area contributed by atoms with Crippen LogP contribution >= 0.6 is 11.3 Å². The minimum Gasteiger partial charge on any atom is -0.384 e. The molecule has 4 heteroatoms. The molecule has 2 N–H and O–H groups in total. The van der Waals surface area contributed by atoms with Crippen LogP contribution in [0.5, 0.6) is 0 Å². The van der Waals surface area contributed by atoms with Crippen LogP contribution in [0.3, 0.4) is 0 Å². The Morgan fingerprint density at radius 1 is 1.15 bits per heavy atom. The Kier molecular flexibility index (Phi) is 5.62. The lowest BCUT2D eigenvalue weighted by Gasteiger charge is -2.09. The monoisotopic (exact) mass is 288 g/mol. The van der Waals surface area contributed by atoms with Gasteiger partial charge in [0.15, 0.2) is 0 Å². The van der Waals surface area contributed by atoms with Gasteiger partial charge in [0.25, 0.3) is 0 Å². The Hall–Kier alpha value is -1.81. The Balaban J connectivity index is 1.62. The van der Waals surface area contributed by atoms with Crippen LogP contribution < -0.4 is 10.6 Å². The fraction of sp³-hybridized carbons (Fsp3) is 0.312. The molecule has 20 heavy (non-hydrogen) atoms. The van der Waals surface area contributed by atoms with Crippen molar-refractivity contribution in [3.8, 4) is 0 Å². The standard InChI is InChI=1S/C16H20N2OS/c1-13-5-2-3-7-15(13)17-11-9-16(19)18-10-8-14-6-4-12-20-14/h2-7,12,17H,8-11H2,1H3,(H,18,19). The van der Waals surface area contributed by atoms with Gasteiger partial charge in [0.1, 0.15) is 0 Å². The summed E-state index contributed by atoms with van der Waals surface area (Å²) >= 11 is 1.73. The van der Waals surface area contributed by atoms with Crippen LogP contribution in [0.4, 0.5) is 5.69 Å². The number of amides is 1. The summed E-state index contributed by atoms with van der Waals surface area (Å²) in [6, 6.07) is 12.2. The van der Waals surface area contributed by atoms with E-state index < -0.39 is 0 Å². The molecule has 0 fully saturated rings. The Bertz CT molecular complexity index is 537. The number of anilines is 1. The first-order valence-electron chi connectivity index (χ1n) is 6.84. The number of nitrogens with one attached hydrogen (secondary N) is 2. The number of thiophene rings is 1. The molecule has 0 aliphatic carbocycles. The van der Waals surface area contributed by atoms with Crippen molar-refractivity contribution < 1.29 is 4.79 Å². The molecule has 1 aromatic carbocycles. The van der Waals surface area contributed by atoms with E-state index in [1.54, 1.807) is 11.3 Å². The lowest BCUT2D eigenvalue weighted by molar-refractivity contribution is -0.120. The van der Waals surface area contributed by atoms with Gasteiger partial charge in [-0.1, -0.05) is 24.3 Å². The van der Waals surface area contributed by atoms with E-state index >= 15 is 0 Å². The summed E-state index contributed by atoms with van der Waals surface area (Å²) in [4.78, 5) is 13.0. The summed E-state index contributed by atoms with van der Waals surface area (Å²) < 4.78 is 0. The largest absolute Gasteiger partial charge is 0.384 e. The fourth-order valence-corrected chi connectivity index (χ4v) is 2.66. The number of aryl methyl sites for hydroxylation is 1. The molecule has 0 aliphatic heterocycles. The molecule has 1 heterocycles. The number of benzene rings is 1. The van der Waals surface area contributed by atoms with E-state index in [-0.39, 0.29) is 5.91 Å². The van der Waals surface area contributed by atoms with E-state index in [1.807, 2.05) is 24.3 Å². The highest BCUT2D eigenvalue weighted by molar-refractivity contribution is 7.09. The predicted octanol–water partition coefficient (Wildman–Crippen LogP) is 3.22. The minimum atomic E-state index is 0.0997. The zero-order valence-corrected chi connectivity index (χ0v) is 12.5. The van der Waals surface area contributed by atoms with Gasteiger partial charge in [-0.05, 0) is 36.4 Å². The van der Waals surface area contributed by atoms with Gasteiger partial charge >= 0.3 is 0 Å².